The molecule has 0 aliphatic rings. The molecule has 0 aliphatic heterocycles. The van der Waals surface area contributed by atoms with Crippen molar-refractivity contribution in [2.75, 3.05) is 13.2 Å². The molecule has 0 fully saturated rings. The molecule has 0 spiro atoms. The zero-order valence-electron chi connectivity index (χ0n) is 12.5. The SMILES string of the molecule is CC(N)CCCC(C)C(=O)OCCOC(C)(C)C. The van der Waals surface area contributed by atoms with E-state index in [9.17, 15) is 4.79 Å². The molecule has 0 saturated carbocycles. The second kappa shape index (κ2) is 8.48. The van der Waals surface area contributed by atoms with E-state index >= 15 is 0 Å². The molecule has 18 heavy (non-hydrogen) atoms. The second-order valence-corrected chi connectivity index (χ2v) is 5.94. The molecular formula is C14H29NO3. The fraction of sp³-hybridized carbons (Fsp3) is 0.929. The molecule has 0 aromatic carbocycles. The van der Waals surface area contributed by atoms with Crippen LogP contribution in [0.15, 0.2) is 0 Å². The van der Waals surface area contributed by atoms with Crippen LogP contribution in [0.3, 0.4) is 0 Å². The molecule has 0 amide bonds. The van der Waals surface area contributed by atoms with E-state index < -0.39 is 0 Å². The van der Waals surface area contributed by atoms with Gasteiger partial charge in [-0.3, -0.25) is 4.79 Å². The first kappa shape index (κ1) is 17.4. The van der Waals surface area contributed by atoms with Crippen molar-refractivity contribution in [2.24, 2.45) is 11.7 Å². The Morgan fingerprint density at radius 1 is 1.17 bits per heavy atom. The summed E-state index contributed by atoms with van der Waals surface area (Å²) < 4.78 is 10.6. The number of rotatable bonds is 8. The molecule has 2 unspecified atom stereocenters. The lowest BCUT2D eigenvalue weighted by atomic mass is 10.0. The van der Waals surface area contributed by atoms with Crippen LogP contribution in [0.2, 0.25) is 0 Å². The topological polar surface area (TPSA) is 61.6 Å². The number of esters is 1. The van der Waals surface area contributed by atoms with Crippen LogP contribution in [0.5, 0.6) is 0 Å². The smallest absolute Gasteiger partial charge is 0.308 e. The van der Waals surface area contributed by atoms with Crippen LogP contribution >= 0.6 is 0 Å². The van der Waals surface area contributed by atoms with Gasteiger partial charge in [0.2, 0.25) is 0 Å². The molecule has 0 heterocycles. The predicted octanol–water partition coefficient (Wildman–Crippen LogP) is 2.50. The van der Waals surface area contributed by atoms with Gasteiger partial charge in [0.25, 0.3) is 0 Å². The second-order valence-electron chi connectivity index (χ2n) is 5.94. The predicted molar refractivity (Wildman–Crippen MR) is 73.3 cm³/mol. The minimum absolute atomic E-state index is 0.0570. The van der Waals surface area contributed by atoms with Crippen molar-refractivity contribution >= 4 is 5.97 Å². The first-order valence-corrected chi connectivity index (χ1v) is 6.78. The molecule has 2 N–H and O–H groups in total. The molecule has 108 valence electrons. The lowest BCUT2D eigenvalue weighted by Gasteiger charge is -2.19. The summed E-state index contributed by atoms with van der Waals surface area (Å²) in [5.41, 5.74) is 5.48. The summed E-state index contributed by atoms with van der Waals surface area (Å²) in [7, 11) is 0. The summed E-state index contributed by atoms with van der Waals surface area (Å²) in [6.07, 6.45) is 2.75. The molecule has 0 bridgehead atoms. The van der Waals surface area contributed by atoms with Gasteiger partial charge >= 0.3 is 5.97 Å². The van der Waals surface area contributed by atoms with Crippen molar-refractivity contribution in [2.45, 2.75) is 65.5 Å². The number of hydrogen-bond donors (Lipinski definition) is 1. The molecule has 0 radical (unpaired) electrons. The van der Waals surface area contributed by atoms with Crippen LogP contribution in [-0.4, -0.2) is 30.8 Å². The van der Waals surface area contributed by atoms with E-state index in [-0.39, 0.29) is 23.5 Å². The van der Waals surface area contributed by atoms with Crippen molar-refractivity contribution in [1.82, 2.24) is 0 Å². The third-order valence-electron chi connectivity index (χ3n) is 2.56. The van der Waals surface area contributed by atoms with Crippen molar-refractivity contribution in [3.05, 3.63) is 0 Å². The van der Waals surface area contributed by atoms with Crippen LogP contribution in [0.25, 0.3) is 0 Å². The summed E-state index contributed by atoms with van der Waals surface area (Å²) in [6.45, 7) is 10.6. The standard InChI is InChI=1S/C14H29NO3/c1-11(7-6-8-12(2)15)13(16)17-9-10-18-14(3,4)5/h11-12H,6-10,15H2,1-5H3. The van der Waals surface area contributed by atoms with E-state index in [0.29, 0.717) is 13.2 Å². The van der Waals surface area contributed by atoms with E-state index in [0.717, 1.165) is 19.3 Å². The molecule has 0 aromatic rings. The monoisotopic (exact) mass is 259 g/mol. The fourth-order valence-electron chi connectivity index (χ4n) is 1.50. The average molecular weight is 259 g/mol. The molecule has 0 aliphatic carbocycles. The van der Waals surface area contributed by atoms with Gasteiger partial charge in [0.1, 0.15) is 6.61 Å². The van der Waals surface area contributed by atoms with Crippen LogP contribution in [0, 0.1) is 5.92 Å². The lowest BCUT2D eigenvalue weighted by Crippen LogP contribution is -2.24. The first-order chi connectivity index (χ1) is 8.22. The highest BCUT2D eigenvalue weighted by Gasteiger charge is 2.15. The Hall–Kier alpha value is -0.610. The number of carbonyl (C=O) groups excluding carboxylic acids is 1. The van der Waals surface area contributed by atoms with Crippen LogP contribution < -0.4 is 5.73 Å². The van der Waals surface area contributed by atoms with E-state index in [1.54, 1.807) is 0 Å². The zero-order chi connectivity index (χ0) is 14.2. The van der Waals surface area contributed by atoms with Crippen molar-refractivity contribution in [1.29, 1.82) is 0 Å². The van der Waals surface area contributed by atoms with Crippen molar-refractivity contribution in [3.63, 3.8) is 0 Å². The summed E-state index contributed by atoms with van der Waals surface area (Å²) in [5, 5.41) is 0. The van der Waals surface area contributed by atoms with Gasteiger partial charge in [-0.2, -0.15) is 0 Å². The third kappa shape index (κ3) is 10.5. The number of carbonyl (C=O) groups is 1. The summed E-state index contributed by atoms with van der Waals surface area (Å²) in [5.74, 6) is -0.199. The molecule has 0 rings (SSSR count). The first-order valence-electron chi connectivity index (χ1n) is 6.78. The lowest BCUT2D eigenvalue weighted by molar-refractivity contribution is -0.151. The minimum atomic E-state index is -0.185. The van der Waals surface area contributed by atoms with Crippen LogP contribution in [0.4, 0.5) is 0 Å². The quantitative estimate of drug-likeness (QED) is 0.537. The minimum Gasteiger partial charge on any atom is -0.463 e. The maximum Gasteiger partial charge on any atom is 0.308 e. The number of nitrogens with two attached hydrogens (primary N) is 1. The Labute approximate surface area is 111 Å². The number of ether oxygens (including phenoxy) is 2. The van der Waals surface area contributed by atoms with E-state index in [1.165, 1.54) is 0 Å². The van der Waals surface area contributed by atoms with Gasteiger partial charge in [0.15, 0.2) is 0 Å². The Bertz CT molecular complexity index is 234. The van der Waals surface area contributed by atoms with Gasteiger partial charge < -0.3 is 15.2 Å². The Morgan fingerprint density at radius 2 is 1.78 bits per heavy atom. The van der Waals surface area contributed by atoms with Gasteiger partial charge in [-0.25, -0.2) is 0 Å². The molecule has 0 aromatic heterocycles. The van der Waals surface area contributed by atoms with E-state index in [4.69, 9.17) is 15.2 Å². The van der Waals surface area contributed by atoms with Crippen LogP contribution in [0.1, 0.15) is 53.9 Å². The summed E-state index contributed by atoms with van der Waals surface area (Å²) in [4.78, 5) is 11.6. The highest BCUT2D eigenvalue weighted by molar-refractivity contribution is 5.71. The Kier molecular flexibility index (Phi) is 8.20. The Balaban J connectivity index is 3.62. The summed E-state index contributed by atoms with van der Waals surface area (Å²) in [6, 6.07) is 0.202. The van der Waals surface area contributed by atoms with Gasteiger partial charge in [0.05, 0.1) is 18.1 Å². The molecular weight excluding hydrogens is 230 g/mol. The van der Waals surface area contributed by atoms with Crippen LogP contribution in [-0.2, 0) is 14.3 Å². The van der Waals surface area contributed by atoms with Gasteiger partial charge in [0, 0.05) is 6.04 Å². The number of hydrogen-bond acceptors (Lipinski definition) is 4. The van der Waals surface area contributed by atoms with E-state index in [2.05, 4.69) is 0 Å². The zero-order valence-corrected chi connectivity index (χ0v) is 12.5. The van der Waals surface area contributed by atoms with Gasteiger partial charge in [-0.05, 0) is 40.5 Å². The van der Waals surface area contributed by atoms with E-state index in [1.807, 2.05) is 34.6 Å². The van der Waals surface area contributed by atoms with Gasteiger partial charge in [-0.1, -0.05) is 13.3 Å². The fourth-order valence-corrected chi connectivity index (χ4v) is 1.50. The third-order valence-corrected chi connectivity index (χ3v) is 2.56. The normalized spacial score (nSPS) is 15.2. The highest BCUT2D eigenvalue weighted by Crippen LogP contribution is 2.11. The van der Waals surface area contributed by atoms with Crippen molar-refractivity contribution < 1.29 is 14.3 Å². The molecule has 0 saturated heterocycles. The maximum absolute atomic E-state index is 11.6. The summed E-state index contributed by atoms with van der Waals surface area (Å²) >= 11 is 0. The maximum atomic E-state index is 11.6. The molecule has 2 atom stereocenters. The van der Waals surface area contributed by atoms with Gasteiger partial charge in [-0.15, -0.1) is 0 Å². The largest absolute Gasteiger partial charge is 0.463 e. The Morgan fingerprint density at radius 3 is 2.28 bits per heavy atom. The molecule has 4 nitrogen and oxygen atoms in total. The highest BCUT2D eigenvalue weighted by atomic mass is 16.6. The average Bonchev–Trinajstić information content (AvgIpc) is 2.22. The molecule has 4 heteroatoms. The van der Waals surface area contributed by atoms with Crippen molar-refractivity contribution in [3.8, 4) is 0 Å².